The fraction of sp³-hybridized carbons (Fsp3) is 0.750. The number of aryl methyl sites for hydroxylation is 2. The first-order valence-corrected chi connectivity index (χ1v) is 6.38. The summed E-state index contributed by atoms with van der Waals surface area (Å²) in [5.74, 6) is 0. The summed E-state index contributed by atoms with van der Waals surface area (Å²) in [6.45, 7) is 3.95. The number of aliphatic hydroxyl groups excluding tert-OH is 1. The summed E-state index contributed by atoms with van der Waals surface area (Å²) >= 11 is 6.14. The Morgan fingerprint density at radius 1 is 1.59 bits per heavy atom. The Kier molecular flexibility index (Phi) is 3.76. The first kappa shape index (κ1) is 12.9. The first-order valence-electron chi connectivity index (χ1n) is 6.00. The van der Waals surface area contributed by atoms with Crippen molar-refractivity contribution in [1.82, 2.24) is 9.78 Å². The minimum atomic E-state index is -0.500. The highest BCUT2D eigenvalue weighted by atomic mass is 35.5. The highest BCUT2D eigenvalue weighted by Gasteiger charge is 2.29. The molecule has 0 bridgehead atoms. The van der Waals surface area contributed by atoms with Gasteiger partial charge in [0.1, 0.15) is 5.15 Å². The van der Waals surface area contributed by atoms with Crippen LogP contribution in [0.1, 0.15) is 31.0 Å². The van der Waals surface area contributed by atoms with Crippen LogP contribution in [0.4, 0.5) is 0 Å². The predicted octanol–water partition coefficient (Wildman–Crippen LogP) is 1.85. The van der Waals surface area contributed by atoms with Crippen molar-refractivity contribution in [2.45, 2.75) is 51.4 Å². The van der Waals surface area contributed by atoms with Crippen molar-refractivity contribution in [2.75, 3.05) is 0 Å². The zero-order chi connectivity index (χ0) is 12.6. The molecule has 1 aromatic rings. The van der Waals surface area contributed by atoms with Crippen LogP contribution in [0, 0.1) is 6.92 Å². The molecule has 1 aliphatic heterocycles. The molecule has 5 heteroatoms. The highest BCUT2D eigenvalue weighted by Crippen LogP contribution is 2.26. The van der Waals surface area contributed by atoms with E-state index in [1.54, 1.807) is 11.7 Å². The monoisotopic (exact) mass is 258 g/mol. The van der Waals surface area contributed by atoms with E-state index in [1.807, 2.05) is 13.8 Å². The number of hydrogen-bond donors (Lipinski definition) is 1. The summed E-state index contributed by atoms with van der Waals surface area (Å²) in [7, 11) is 1.80. The Balaban J connectivity index is 2.05. The van der Waals surface area contributed by atoms with Crippen LogP contribution in [0.5, 0.6) is 0 Å². The number of hydrogen-bond acceptors (Lipinski definition) is 3. The molecule has 2 rings (SSSR count). The molecule has 4 nitrogen and oxygen atoms in total. The molecule has 0 amide bonds. The zero-order valence-corrected chi connectivity index (χ0v) is 11.2. The second-order valence-corrected chi connectivity index (χ2v) is 5.17. The minimum Gasteiger partial charge on any atom is -0.390 e. The Morgan fingerprint density at radius 2 is 2.29 bits per heavy atom. The summed E-state index contributed by atoms with van der Waals surface area (Å²) in [6.07, 6.45) is 2.12. The number of halogens is 1. The molecule has 3 atom stereocenters. The fourth-order valence-electron chi connectivity index (χ4n) is 2.36. The van der Waals surface area contributed by atoms with Crippen molar-refractivity contribution < 1.29 is 9.84 Å². The van der Waals surface area contributed by atoms with Gasteiger partial charge in [0, 0.05) is 19.0 Å². The quantitative estimate of drug-likeness (QED) is 0.900. The molecule has 0 aromatic carbocycles. The average Bonchev–Trinajstić information content (AvgIpc) is 2.79. The van der Waals surface area contributed by atoms with E-state index in [0.717, 1.165) is 24.1 Å². The molecule has 2 heterocycles. The normalized spacial score (nSPS) is 26.4. The molecule has 1 aromatic heterocycles. The molecular formula is C12H19ClN2O2. The van der Waals surface area contributed by atoms with Crippen molar-refractivity contribution in [3.8, 4) is 0 Å². The zero-order valence-electron chi connectivity index (χ0n) is 10.5. The molecule has 1 saturated heterocycles. The lowest BCUT2D eigenvalue weighted by molar-refractivity contribution is -0.0278. The summed E-state index contributed by atoms with van der Waals surface area (Å²) in [5, 5.41) is 15.0. The molecule has 0 saturated carbocycles. The number of nitrogens with zero attached hydrogens (tertiary/aromatic N) is 2. The molecule has 0 radical (unpaired) electrons. The van der Waals surface area contributed by atoms with E-state index in [-0.39, 0.29) is 12.2 Å². The molecule has 0 spiro atoms. The molecule has 3 unspecified atom stereocenters. The third-order valence-corrected chi connectivity index (χ3v) is 3.85. The van der Waals surface area contributed by atoms with Gasteiger partial charge < -0.3 is 9.84 Å². The number of aromatic nitrogens is 2. The Labute approximate surface area is 107 Å². The predicted molar refractivity (Wildman–Crippen MR) is 66.2 cm³/mol. The molecular weight excluding hydrogens is 240 g/mol. The number of rotatable bonds is 3. The molecule has 1 fully saturated rings. The van der Waals surface area contributed by atoms with E-state index < -0.39 is 6.10 Å². The lowest BCUT2D eigenvalue weighted by Crippen LogP contribution is -2.28. The molecule has 96 valence electrons. The van der Waals surface area contributed by atoms with Crippen molar-refractivity contribution in [2.24, 2.45) is 7.05 Å². The first-order chi connectivity index (χ1) is 7.99. The maximum Gasteiger partial charge on any atom is 0.130 e. The Hall–Kier alpha value is -0.580. The summed E-state index contributed by atoms with van der Waals surface area (Å²) in [6, 6.07) is 0. The second kappa shape index (κ2) is 4.96. The van der Waals surface area contributed by atoms with Crippen LogP contribution in [0.15, 0.2) is 0 Å². The van der Waals surface area contributed by atoms with Gasteiger partial charge in [-0.15, -0.1) is 0 Å². The van der Waals surface area contributed by atoms with Gasteiger partial charge in [0.2, 0.25) is 0 Å². The third kappa shape index (κ3) is 2.64. The van der Waals surface area contributed by atoms with E-state index in [4.69, 9.17) is 16.3 Å². The second-order valence-electron chi connectivity index (χ2n) is 4.81. The summed E-state index contributed by atoms with van der Waals surface area (Å²) < 4.78 is 7.30. The van der Waals surface area contributed by atoms with Gasteiger partial charge in [-0.2, -0.15) is 5.10 Å². The Morgan fingerprint density at radius 3 is 2.76 bits per heavy atom. The van der Waals surface area contributed by atoms with Crippen LogP contribution in [-0.4, -0.2) is 33.2 Å². The number of ether oxygens (including phenoxy) is 1. The van der Waals surface area contributed by atoms with E-state index in [2.05, 4.69) is 5.10 Å². The summed E-state index contributed by atoms with van der Waals surface area (Å²) in [5.41, 5.74) is 1.80. The van der Waals surface area contributed by atoms with E-state index >= 15 is 0 Å². The van der Waals surface area contributed by atoms with Crippen molar-refractivity contribution >= 4 is 11.6 Å². The third-order valence-electron chi connectivity index (χ3n) is 3.38. The average molecular weight is 259 g/mol. The lowest BCUT2D eigenvalue weighted by Gasteiger charge is -2.18. The topological polar surface area (TPSA) is 47.3 Å². The largest absolute Gasteiger partial charge is 0.390 e. The lowest BCUT2D eigenvalue weighted by atomic mass is 10.0. The molecule has 1 aliphatic rings. The SMILES string of the molecule is Cc1nn(C)c(Cl)c1CC(O)C1CCC(C)O1. The van der Waals surface area contributed by atoms with Gasteiger partial charge in [0.15, 0.2) is 0 Å². The van der Waals surface area contributed by atoms with E-state index in [1.165, 1.54) is 0 Å². The van der Waals surface area contributed by atoms with Crippen LogP contribution in [0.3, 0.4) is 0 Å². The van der Waals surface area contributed by atoms with E-state index in [0.29, 0.717) is 11.6 Å². The van der Waals surface area contributed by atoms with Crippen molar-refractivity contribution in [3.05, 3.63) is 16.4 Å². The smallest absolute Gasteiger partial charge is 0.130 e. The van der Waals surface area contributed by atoms with Crippen LogP contribution in [0.25, 0.3) is 0 Å². The van der Waals surface area contributed by atoms with Crippen molar-refractivity contribution in [3.63, 3.8) is 0 Å². The Bertz CT molecular complexity index is 405. The van der Waals surface area contributed by atoms with Gasteiger partial charge >= 0.3 is 0 Å². The van der Waals surface area contributed by atoms with Crippen molar-refractivity contribution in [1.29, 1.82) is 0 Å². The minimum absolute atomic E-state index is 0.0688. The van der Waals surface area contributed by atoms with Crippen LogP contribution >= 0.6 is 11.6 Å². The summed E-state index contributed by atoms with van der Waals surface area (Å²) in [4.78, 5) is 0. The van der Waals surface area contributed by atoms with Crippen LogP contribution in [-0.2, 0) is 18.2 Å². The van der Waals surface area contributed by atoms with Gasteiger partial charge in [-0.1, -0.05) is 11.6 Å². The number of aliphatic hydroxyl groups is 1. The molecule has 17 heavy (non-hydrogen) atoms. The molecule has 0 aliphatic carbocycles. The van der Waals surface area contributed by atoms with Crippen LogP contribution < -0.4 is 0 Å². The van der Waals surface area contributed by atoms with E-state index in [9.17, 15) is 5.11 Å². The van der Waals surface area contributed by atoms with Gasteiger partial charge in [0.25, 0.3) is 0 Å². The maximum absolute atomic E-state index is 10.2. The van der Waals surface area contributed by atoms with Gasteiger partial charge in [-0.3, -0.25) is 4.68 Å². The van der Waals surface area contributed by atoms with Gasteiger partial charge in [0.05, 0.1) is 24.0 Å². The van der Waals surface area contributed by atoms with Crippen LogP contribution in [0.2, 0.25) is 5.15 Å². The standard InChI is InChI=1S/C12H19ClN2O2/c1-7-4-5-11(17-7)10(16)6-9-8(2)14-15(3)12(9)13/h7,10-11,16H,4-6H2,1-3H3. The van der Waals surface area contributed by atoms with Gasteiger partial charge in [-0.25, -0.2) is 0 Å². The fourth-order valence-corrected chi connectivity index (χ4v) is 2.61. The maximum atomic E-state index is 10.2. The molecule has 1 N–H and O–H groups in total. The highest BCUT2D eigenvalue weighted by molar-refractivity contribution is 6.30. The van der Waals surface area contributed by atoms with Gasteiger partial charge in [-0.05, 0) is 26.7 Å².